The van der Waals surface area contributed by atoms with Gasteiger partial charge in [0, 0.05) is 42.7 Å². The first-order valence-corrected chi connectivity index (χ1v) is 10.7. The highest BCUT2D eigenvalue weighted by Gasteiger charge is 2.19. The molecule has 166 valence electrons. The molecule has 0 fully saturated rings. The van der Waals surface area contributed by atoms with Crippen LogP contribution in [0.5, 0.6) is 0 Å². The molecule has 1 aromatic carbocycles. The van der Waals surface area contributed by atoms with Crippen molar-refractivity contribution in [2.45, 2.75) is 32.7 Å². The molecular formula is C23H27N7O2. The highest BCUT2D eigenvalue weighted by Crippen LogP contribution is 2.27. The number of carbonyl (C=O) groups is 1. The van der Waals surface area contributed by atoms with Gasteiger partial charge in [-0.2, -0.15) is 4.98 Å². The van der Waals surface area contributed by atoms with Crippen molar-refractivity contribution in [3.05, 3.63) is 47.2 Å². The van der Waals surface area contributed by atoms with Crippen LogP contribution in [-0.2, 0) is 17.6 Å². The molecule has 9 heteroatoms. The van der Waals surface area contributed by atoms with E-state index >= 15 is 0 Å². The molecule has 0 radical (unpaired) electrons. The van der Waals surface area contributed by atoms with Crippen LogP contribution in [0.2, 0.25) is 0 Å². The van der Waals surface area contributed by atoms with Gasteiger partial charge < -0.3 is 25.9 Å². The van der Waals surface area contributed by atoms with Gasteiger partial charge in [0.05, 0.1) is 12.1 Å². The summed E-state index contributed by atoms with van der Waals surface area (Å²) in [5.74, 6) is 1.46. The van der Waals surface area contributed by atoms with Gasteiger partial charge in [0.15, 0.2) is 0 Å². The topological polar surface area (TPSA) is 134 Å². The molecule has 9 nitrogen and oxygen atoms in total. The lowest BCUT2D eigenvalue weighted by molar-refractivity contribution is -0.129. The van der Waals surface area contributed by atoms with Gasteiger partial charge in [-0.1, -0.05) is 17.3 Å². The zero-order chi connectivity index (χ0) is 22.7. The smallest absolute Gasteiger partial charge is 0.259 e. The third-order valence-electron chi connectivity index (χ3n) is 5.46. The lowest BCUT2D eigenvalue weighted by Gasteiger charge is -2.18. The molecule has 0 aliphatic carbocycles. The average molecular weight is 434 g/mol. The summed E-state index contributed by atoms with van der Waals surface area (Å²) in [6, 6.07) is 8.12. The molecule has 4 rings (SSSR count). The second kappa shape index (κ2) is 9.27. The monoisotopic (exact) mass is 433 g/mol. The van der Waals surface area contributed by atoms with Crippen LogP contribution in [0.15, 0.2) is 35.0 Å². The van der Waals surface area contributed by atoms with E-state index in [1.54, 1.807) is 6.20 Å². The number of fused-ring (bicyclic) bond motifs is 1. The largest absolute Gasteiger partial charge is 0.367 e. The molecule has 32 heavy (non-hydrogen) atoms. The molecular weight excluding hydrogens is 406 g/mol. The molecule has 0 bridgehead atoms. The number of rotatable bonds is 6. The molecule has 2 aromatic heterocycles. The number of amides is 1. The molecule has 1 aliphatic rings. The summed E-state index contributed by atoms with van der Waals surface area (Å²) in [6.07, 6.45) is 4.48. The Morgan fingerprint density at radius 1 is 1.25 bits per heavy atom. The molecule has 1 amide bonds. The van der Waals surface area contributed by atoms with Gasteiger partial charge in [0.2, 0.25) is 11.7 Å². The third-order valence-corrected chi connectivity index (χ3v) is 5.46. The first-order chi connectivity index (χ1) is 15.5. The van der Waals surface area contributed by atoms with Crippen LogP contribution < -0.4 is 11.1 Å². The highest BCUT2D eigenvalue weighted by atomic mass is 16.5. The number of nitrogens with one attached hydrogen (secondary N) is 2. The SMILES string of the molecule is CC(C)Nc1ncc(-c2nc(-c3ccc4c(c3)CCN(C(=O)CN)CC4)no2)cc1C=N. The fourth-order valence-corrected chi connectivity index (χ4v) is 3.80. The van der Waals surface area contributed by atoms with E-state index in [2.05, 4.69) is 32.6 Å². The first-order valence-electron chi connectivity index (χ1n) is 10.7. The molecule has 0 saturated carbocycles. The predicted molar refractivity (Wildman–Crippen MR) is 123 cm³/mol. The first kappa shape index (κ1) is 21.6. The summed E-state index contributed by atoms with van der Waals surface area (Å²) < 4.78 is 5.49. The number of nitrogens with zero attached hydrogens (tertiary/aromatic N) is 4. The van der Waals surface area contributed by atoms with E-state index in [1.165, 1.54) is 17.3 Å². The van der Waals surface area contributed by atoms with Crippen molar-refractivity contribution in [3.63, 3.8) is 0 Å². The van der Waals surface area contributed by atoms with Crippen molar-refractivity contribution in [2.24, 2.45) is 5.73 Å². The number of carbonyl (C=O) groups excluding carboxylic acids is 1. The number of pyridine rings is 1. The van der Waals surface area contributed by atoms with Crippen molar-refractivity contribution in [2.75, 3.05) is 25.0 Å². The predicted octanol–water partition coefficient (Wildman–Crippen LogP) is 2.50. The number of nitrogens with two attached hydrogens (primary N) is 1. The Labute approximate surface area is 186 Å². The zero-order valence-electron chi connectivity index (χ0n) is 18.3. The summed E-state index contributed by atoms with van der Waals surface area (Å²) in [6.45, 7) is 5.40. The Bertz CT molecular complexity index is 1140. The number of benzene rings is 1. The Hall–Kier alpha value is -3.59. The standard InChI is InChI=1S/C23H27N7O2/c1-14(2)27-21-18(11-24)10-19(13-26-21)23-28-22(29-32-23)17-4-3-15-5-7-30(20(31)12-25)8-6-16(15)9-17/h3-4,9-11,13-14,24H,5-8,12,25H2,1-2H3,(H,26,27). The third kappa shape index (κ3) is 4.52. The normalized spacial score (nSPS) is 13.6. The Balaban J connectivity index is 1.57. The summed E-state index contributed by atoms with van der Waals surface area (Å²) in [4.78, 5) is 22.7. The fraction of sp³-hybridized carbons (Fsp3) is 0.348. The van der Waals surface area contributed by atoms with E-state index in [0.717, 1.165) is 18.4 Å². The van der Waals surface area contributed by atoms with Crippen LogP contribution in [-0.4, -0.2) is 57.8 Å². The van der Waals surface area contributed by atoms with Gasteiger partial charge in [-0.15, -0.1) is 0 Å². The van der Waals surface area contributed by atoms with Gasteiger partial charge in [0.25, 0.3) is 5.89 Å². The van der Waals surface area contributed by atoms with Crippen LogP contribution in [0.3, 0.4) is 0 Å². The lowest BCUT2D eigenvalue weighted by Crippen LogP contribution is -2.37. The summed E-state index contributed by atoms with van der Waals surface area (Å²) in [5, 5.41) is 15.1. The number of hydrogen-bond donors (Lipinski definition) is 3. The molecule has 0 unspecified atom stereocenters. The van der Waals surface area contributed by atoms with Gasteiger partial charge >= 0.3 is 0 Å². The molecule has 1 aliphatic heterocycles. The second-order valence-electron chi connectivity index (χ2n) is 8.10. The summed E-state index contributed by atoms with van der Waals surface area (Å²) >= 11 is 0. The van der Waals surface area contributed by atoms with Gasteiger partial charge in [-0.05, 0) is 49.9 Å². The fourth-order valence-electron chi connectivity index (χ4n) is 3.80. The van der Waals surface area contributed by atoms with Crippen LogP contribution in [0.1, 0.15) is 30.5 Å². The maximum atomic E-state index is 12.0. The van der Waals surface area contributed by atoms with E-state index < -0.39 is 0 Å². The van der Waals surface area contributed by atoms with Gasteiger partial charge in [-0.3, -0.25) is 4.79 Å². The molecule has 3 aromatic rings. The molecule has 4 N–H and O–H groups in total. The van der Waals surface area contributed by atoms with Crippen molar-refractivity contribution in [1.82, 2.24) is 20.0 Å². The lowest BCUT2D eigenvalue weighted by atomic mass is 10.00. The Morgan fingerprint density at radius 3 is 2.75 bits per heavy atom. The van der Waals surface area contributed by atoms with E-state index in [0.29, 0.717) is 41.7 Å². The minimum absolute atomic E-state index is 0.0200. The van der Waals surface area contributed by atoms with Crippen LogP contribution >= 0.6 is 0 Å². The van der Waals surface area contributed by atoms with E-state index in [4.69, 9.17) is 15.7 Å². The summed E-state index contributed by atoms with van der Waals surface area (Å²) in [5.41, 5.74) is 10.1. The molecule has 0 saturated heterocycles. The average Bonchev–Trinajstić information content (AvgIpc) is 3.19. The number of anilines is 1. The molecule has 3 heterocycles. The maximum Gasteiger partial charge on any atom is 0.259 e. The van der Waals surface area contributed by atoms with Gasteiger partial charge in [-0.25, -0.2) is 4.98 Å². The van der Waals surface area contributed by atoms with Crippen molar-refractivity contribution in [3.8, 4) is 22.8 Å². The van der Waals surface area contributed by atoms with E-state index in [1.807, 2.05) is 30.9 Å². The Morgan fingerprint density at radius 2 is 2.03 bits per heavy atom. The molecule has 0 spiro atoms. The van der Waals surface area contributed by atoms with E-state index in [-0.39, 0.29) is 18.5 Å². The molecule has 0 atom stereocenters. The minimum atomic E-state index is -0.0200. The number of hydrogen-bond acceptors (Lipinski definition) is 8. The van der Waals surface area contributed by atoms with Crippen molar-refractivity contribution >= 4 is 17.9 Å². The minimum Gasteiger partial charge on any atom is -0.367 e. The van der Waals surface area contributed by atoms with Crippen molar-refractivity contribution < 1.29 is 9.32 Å². The zero-order valence-corrected chi connectivity index (χ0v) is 18.3. The van der Waals surface area contributed by atoms with Crippen LogP contribution in [0.25, 0.3) is 22.8 Å². The van der Waals surface area contributed by atoms with Gasteiger partial charge in [0.1, 0.15) is 5.82 Å². The van der Waals surface area contributed by atoms with Crippen LogP contribution in [0.4, 0.5) is 5.82 Å². The van der Waals surface area contributed by atoms with E-state index in [9.17, 15) is 4.79 Å². The Kier molecular flexibility index (Phi) is 6.27. The second-order valence-corrected chi connectivity index (χ2v) is 8.10. The van der Waals surface area contributed by atoms with Crippen LogP contribution in [0, 0.1) is 5.41 Å². The number of aromatic nitrogens is 3. The maximum absolute atomic E-state index is 12.0. The quantitative estimate of drug-likeness (QED) is 0.508. The highest BCUT2D eigenvalue weighted by molar-refractivity contribution is 5.86. The summed E-state index contributed by atoms with van der Waals surface area (Å²) in [7, 11) is 0. The van der Waals surface area contributed by atoms with Crippen molar-refractivity contribution in [1.29, 1.82) is 5.41 Å².